The fourth-order valence-corrected chi connectivity index (χ4v) is 1.82. The van der Waals surface area contributed by atoms with E-state index >= 15 is 0 Å². The quantitative estimate of drug-likeness (QED) is 0.712. The lowest BCUT2D eigenvalue weighted by Crippen LogP contribution is -2.22. The molecule has 0 heterocycles. The highest BCUT2D eigenvalue weighted by molar-refractivity contribution is 5.75. The maximum atomic E-state index is 10.2. The lowest BCUT2D eigenvalue weighted by atomic mass is 9.97. The van der Waals surface area contributed by atoms with Crippen LogP contribution < -0.4 is 11.5 Å². The number of carbonyl (C=O) groups is 2. The fraction of sp³-hybridized carbons (Fsp3) is 0.438. The number of aliphatic carboxylic acids is 1. The van der Waals surface area contributed by atoms with Gasteiger partial charge in [-0.3, -0.25) is 9.59 Å². The molecule has 5 N–H and O–H groups in total. The van der Waals surface area contributed by atoms with Crippen LogP contribution in [0.15, 0.2) is 24.3 Å². The summed E-state index contributed by atoms with van der Waals surface area (Å²) in [6.45, 7) is -0.278. The summed E-state index contributed by atoms with van der Waals surface area (Å²) in [5.41, 5.74) is 11.3. The van der Waals surface area contributed by atoms with Crippen molar-refractivity contribution in [1.82, 2.24) is 0 Å². The van der Waals surface area contributed by atoms with E-state index in [2.05, 4.69) is 5.73 Å². The van der Waals surface area contributed by atoms with Crippen LogP contribution in [0.3, 0.4) is 0 Å². The summed E-state index contributed by atoms with van der Waals surface area (Å²) in [6.07, 6.45) is 7.39. The van der Waals surface area contributed by atoms with Gasteiger partial charge in [-0.2, -0.15) is 5.26 Å². The van der Waals surface area contributed by atoms with Crippen molar-refractivity contribution in [1.29, 1.82) is 5.26 Å². The second kappa shape index (κ2) is 12.5. The number of nitriles is 1. The second-order valence-corrected chi connectivity index (χ2v) is 4.85. The van der Waals surface area contributed by atoms with E-state index in [9.17, 15) is 9.59 Å². The molecular weight excluding hydrogens is 282 g/mol. The fourth-order valence-electron chi connectivity index (χ4n) is 1.82. The number of benzene rings is 1. The Balaban J connectivity index is 0.000000322. The Bertz CT molecular complexity index is 492. The zero-order valence-electron chi connectivity index (χ0n) is 12.6. The van der Waals surface area contributed by atoms with E-state index in [-0.39, 0.29) is 6.54 Å². The molecule has 6 nitrogen and oxygen atoms in total. The largest absolute Gasteiger partial charge is 0.480 e. The zero-order chi connectivity index (χ0) is 16.8. The van der Waals surface area contributed by atoms with Gasteiger partial charge in [-0.25, -0.2) is 0 Å². The van der Waals surface area contributed by atoms with Crippen LogP contribution in [0.2, 0.25) is 0 Å². The van der Waals surface area contributed by atoms with Gasteiger partial charge in [-0.05, 0) is 25.0 Å². The number of nitrogens with zero attached hydrogens (tertiary/aromatic N) is 1. The Labute approximate surface area is 130 Å². The number of carbonyl (C=O) groups excluding carboxylic acids is 1. The first-order valence-corrected chi connectivity index (χ1v) is 7.16. The molecule has 1 fully saturated rings. The van der Waals surface area contributed by atoms with Crippen LogP contribution in [0.25, 0.3) is 0 Å². The van der Waals surface area contributed by atoms with E-state index in [1.54, 1.807) is 24.3 Å². The van der Waals surface area contributed by atoms with E-state index in [0.717, 1.165) is 6.29 Å². The SMILES string of the molecule is N#Cc1cccc(C=O)c1.NC1CCCCC1.NCC(=O)O. The minimum absolute atomic E-state index is 0.278. The first-order chi connectivity index (χ1) is 10.5. The van der Waals surface area contributed by atoms with Gasteiger partial charge in [-0.15, -0.1) is 0 Å². The Hall–Kier alpha value is -2.23. The monoisotopic (exact) mass is 305 g/mol. The zero-order valence-corrected chi connectivity index (χ0v) is 12.6. The van der Waals surface area contributed by atoms with Crippen LogP contribution in [0.1, 0.15) is 48.0 Å². The van der Waals surface area contributed by atoms with Crippen LogP contribution in [-0.2, 0) is 4.79 Å². The predicted octanol–water partition coefficient (Wildman–Crippen LogP) is 1.68. The molecule has 0 saturated heterocycles. The lowest BCUT2D eigenvalue weighted by molar-refractivity contribution is -0.135. The van der Waals surface area contributed by atoms with Crippen LogP contribution in [0, 0.1) is 11.3 Å². The topological polar surface area (TPSA) is 130 Å². The van der Waals surface area contributed by atoms with Crippen LogP contribution >= 0.6 is 0 Å². The molecule has 0 atom stereocenters. The molecule has 1 aromatic rings. The average molecular weight is 305 g/mol. The summed E-state index contributed by atoms with van der Waals surface area (Å²) in [5.74, 6) is -0.968. The molecule has 0 bridgehead atoms. The molecule has 0 unspecified atom stereocenters. The van der Waals surface area contributed by atoms with Crippen molar-refractivity contribution >= 4 is 12.3 Å². The molecule has 0 aromatic heterocycles. The predicted molar refractivity (Wildman–Crippen MR) is 84.3 cm³/mol. The third-order valence-corrected chi connectivity index (χ3v) is 2.98. The Kier molecular flexibility index (Phi) is 11.2. The van der Waals surface area contributed by atoms with Gasteiger partial charge in [0, 0.05) is 11.6 Å². The summed E-state index contributed by atoms with van der Waals surface area (Å²) in [7, 11) is 0. The smallest absolute Gasteiger partial charge is 0.317 e. The highest BCUT2D eigenvalue weighted by atomic mass is 16.4. The molecule has 1 saturated carbocycles. The summed E-state index contributed by atoms with van der Waals surface area (Å²) >= 11 is 0. The van der Waals surface area contributed by atoms with Gasteiger partial charge >= 0.3 is 5.97 Å². The number of aldehydes is 1. The second-order valence-electron chi connectivity index (χ2n) is 4.85. The van der Waals surface area contributed by atoms with Crippen molar-refractivity contribution in [2.45, 2.75) is 38.1 Å². The number of carboxylic acid groups (broad SMARTS) is 1. The van der Waals surface area contributed by atoms with Gasteiger partial charge in [0.25, 0.3) is 0 Å². The first kappa shape index (κ1) is 19.8. The van der Waals surface area contributed by atoms with E-state index < -0.39 is 5.97 Å². The summed E-state index contributed by atoms with van der Waals surface area (Å²) in [5, 5.41) is 16.0. The van der Waals surface area contributed by atoms with Crippen molar-refractivity contribution in [3.05, 3.63) is 35.4 Å². The van der Waals surface area contributed by atoms with E-state index in [1.807, 2.05) is 6.07 Å². The van der Waals surface area contributed by atoms with Crippen LogP contribution in [0.4, 0.5) is 0 Å². The number of hydrogen-bond donors (Lipinski definition) is 3. The van der Waals surface area contributed by atoms with Gasteiger partial charge in [0.05, 0.1) is 18.2 Å². The molecule has 1 aliphatic rings. The Morgan fingerprint density at radius 3 is 2.32 bits per heavy atom. The van der Waals surface area contributed by atoms with Crippen molar-refractivity contribution in [3.8, 4) is 6.07 Å². The van der Waals surface area contributed by atoms with Gasteiger partial charge < -0.3 is 16.6 Å². The number of nitrogens with two attached hydrogens (primary N) is 2. The maximum Gasteiger partial charge on any atom is 0.317 e. The molecule has 0 amide bonds. The van der Waals surface area contributed by atoms with E-state index in [4.69, 9.17) is 16.1 Å². The molecule has 22 heavy (non-hydrogen) atoms. The van der Waals surface area contributed by atoms with Gasteiger partial charge in [0.1, 0.15) is 6.29 Å². The summed E-state index contributed by atoms with van der Waals surface area (Å²) in [4.78, 5) is 19.4. The molecule has 1 aromatic carbocycles. The summed E-state index contributed by atoms with van der Waals surface area (Å²) < 4.78 is 0. The number of hydrogen-bond acceptors (Lipinski definition) is 5. The standard InChI is InChI=1S/C8H5NO.C6H13N.C2H5NO2/c9-5-7-2-1-3-8(4-7)6-10;7-6-4-2-1-3-5-6;3-1-2(4)5/h1-4,6H;6H,1-5,7H2;1,3H2,(H,4,5). The van der Waals surface area contributed by atoms with Crippen LogP contribution in [-0.4, -0.2) is 29.9 Å². The van der Waals surface area contributed by atoms with Crippen LogP contribution in [0.5, 0.6) is 0 Å². The molecular formula is C16H23N3O3. The molecule has 0 aliphatic heterocycles. The van der Waals surface area contributed by atoms with Crippen molar-refractivity contribution in [2.75, 3.05) is 6.54 Å². The third kappa shape index (κ3) is 10.5. The molecule has 6 heteroatoms. The van der Waals surface area contributed by atoms with Gasteiger partial charge in [0.2, 0.25) is 0 Å². The minimum atomic E-state index is -0.968. The maximum absolute atomic E-state index is 10.2. The van der Waals surface area contributed by atoms with Crippen molar-refractivity contribution in [2.24, 2.45) is 11.5 Å². The molecule has 2 rings (SSSR count). The van der Waals surface area contributed by atoms with E-state index in [1.165, 1.54) is 32.1 Å². The van der Waals surface area contributed by atoms with Crippen molar-refractivity contribution in [3.63, 3.8) is 0 Å². The van der Waals surface area contributed by atoms with Crippen molar-refractivity contribution < 1.29 is 14.7 Å². The first-order valence-electron chi connectivity index (χ1n) is 7.16. The number of carboxylic acids is 1. The Morgan fingerprint density at radius 2 is 1.95 bits per heavy atom. The number of rotatable bonds is 2. The Morgan fingerprint density at radius 1 is 1.36 bits per heavy atom. The molecule has 0 spiro atoms. The highest BCUT2D eigenvalue weighted by Gasteiger charge is 2.06. The summed E-state index contributed by atoms with van der Waals surface area (Å²) in [6, 6.07) is 9.03. The van der Waals surface area contributed by atoms with E-state index in [0.29, 0.717) is 17.2 Å². The lowest BCUT2D eigenvalue weighted by Gasteiger charge is -2.15. The highest BCUT2D eigenvalue weighted by Crippen LogP contribution is 2.14. The van der Waals surface area contributed by atoms with Gasteiger partial charge in [0.15, 0.2) is 0 Å². The molecule has 1 aliphatic carbocycles. The third-order valence-electron chi connectivity index (χ3n) is 2.98. The normalized spacial score (nSPS) is 13.5. The van der Waals surface area contributed by atoms with Gasteiger partial charge in [-0.1, -0.05) is 31.4 Å². The average Bonchev–Trinajstić information content (AvgIpc) is 2.56. The molecule has 120 valence electrons. The minimum Gasteiger partial charge on any atom is -0.480 e. The molecule has 0 radical (unpaired) electrons.